The van der Waals surface area contributed by atoms with Crippen LogP contribution in [0.4, 0.5) is 5.13 Å². The Hall–Kier alpha value is -3.08. The van der Waals surface area contributed by atoms with Gasteiger partial charge in [-0.3, -0.25) is 4.79 Å². The molecule has 1 aromatic carbocycles. The van der Waals surface area contributed by atoms with Crippen LogP contribution in [0.25, 0.3) is 0 Å². The number of carbonyl (C=O) groups excluding carboxylic acids is 1. The summed E-state index contributed by atoms with van der Waals surface area (Å²) in [5.41, 5.74) is 2.10. The van der Waals surface area contributed by atoms with E-state index in [0.29, 0.717) is 40.2 Å². The molecule has 9 nitrogen and oxygen atoms in total. The Morgan fingerprint density at radius 1 is 1.17 bits per heavy atom. The fraction of sp³-hybridized carbons (Fsp3) is 0.304. The van der Waals surface area contributed by atoms with Crippen LogP contribution in [0.1, 0.15) is 47.5 Å². The van der Waals surface area contributed by atoms with E-state index in [1.807, 2.05) is 4.90 Å². The number of benzene rings is 1. The normalized spacial score (nSPS) is 20.5. The third kappa shape index (κ3) is 4.37. The first-order valence-electron chi connectivity index (χ1n) is 10.8. The van der Waals surface area contributed by atoms with E-state index in [1.165, 1.54) is 12.1 Å². The number of halogens is 2. The summed E-state index contributed by atoms with van der Waals surface area (Å²) in [6, 6.07) is 6.40. The van der Waals surface area contributed by atoms with Gasteiger partial charge in [-0.05, 0) is 24.6 Å². The second kappa shape index (κ2) is 8.85. The third-order valence-electron chi connectivity index (χ3n) is 6.47. The number of thiazole rings is 1. The lowest BCUT2D eigenvalue weighted by Crippen LogP contribution is -2.34. The van der Waals surface area contributed by atoms with Gasteiger partial charge in [-0.25, -0.2) is 14.6 Å². The largest absolute Gasteiger partial charge is 0.478 e. The number of carbonyl (C=O) groups is 3. The fourth-order valence-corrected chi connectivity index (χ4v) is 5.97. The number of H-pyrrole nitrogens is 1. The summed E-state index contributed by atoms with van der Waals surface area (Å²) < 4.78 is 0. The van der Waals surface area contributed by atoms with Gasteiger partial charge in [0.25, 0.3) is 5.91 Å². The van der Waals surface area contributed by atoms with Crippen molar-refractivity contribution in [2.45, 2.75) is 19.4 Å². The van der Waals surface area contributed by atoms with Crippen molar-refractivity contribution >= 4 is 57.5 Å². The van der Waals surface area contributed by atoms with E-state index in [-0.39, 0.29) is 51.4 Å². The number of nitrogens with one attached hydrogen (secondary N) is 2. The van der Waals surface area contributed by atoms with Crippen molar-refractivity contribution in [2.75, 3.05) is 18.0 Å². The number of aromatic amines is 1. The molecule has 12 heteroatoms. The molecule has 1 unspecified atom stereocenters. The number of carboxylic acid groups (broad SMARTS) is 2. The highest BCUT2D eigenvalue weighted by atomic mass is 35.5. The average molecular weight is 535 g/mol. The molecule has 3 aromatic rings. The number of anilines is 1. The Morgan fingerprint density at radius 3 is 2.49 bits per heavy atom. The van der Waals surface area contributed by atoms with Crippen molar-refractivity contribution < 1.29 is 24.6 Å². The SMILES string of the molecule is Cc1[nH]c(C(=O)NC2[C@H]3CN(c4nc(Cc5cccc(C(=O)O)c5)c(C(=O)O)s4)C[C@@H]23)c(Cl)c1Cl. The van der Waals surface area contributed by atoms with Gasteiger partial charge in [0.05, 0.1) is 21.3 Å². The van der Waals surface area contributed by atoms with E-state index in [1.54, 1.807) is 19.1 Å². The maximum atomic E-state index is 12.6. The van der Waals surface area contributed by atoms with E-state index in [2.05, 4.69) is 15.3 Å². The van der Waals surface area contributed by atoms with Gasteiger partial charge in [0.1, 0.15) is 10.6 Å². The highest BCUT2D eigenvalue weighted by Gasteiger charge is 2.57. The predicted molar refractivity (Wildman–Crippen MR) is 131 cm³/mol. The number of aryl methyl sites for hydroxylation is 1. The molecule has 3 atom stereocenters. The van der Waals surface area contributed by atoms with Crippen molar-refractivity contribution in [3.8, 4) is 0 Å². The highest BCUT2D eigenvalue weighted by Crippen LogP contribution is 2.48. The smallest absolute Gasteiger partial charge is 0.347 e. The molecule has 2 aliphatic rings. The second-order valence-electron chi connectivity index (χ2n) is 8.74. The number of nitrogens with zero attached hydrogens (tertiary/aromatic N) is 2. The van der Waals surface area contributed by atoms with Crippen LogP contribution in [-0.2, 0) is 6.42 Å². The minimum Gasteiger partial charge on any atom is -0.478 e. The van der Waals surface area contributed by atoms with E-state index in [9.17, 15) is 24.6 Å². The molecule has 5 rings (SSSR count). The molecule has 35 heavy (non-hydrogen) atoms. The van der Waals surface area contributed by atoms with Gasteiger partial charge in [-0.2, -0.15) is 0 Å². The van der Waals surface area contributed by atoms with Crippen molar-refractivity contribution in [3.63, 3.8) is 0 Å². The number of rotatable bonds is 7. The van der Waals surface area contributed by atoms with Crippen LogP contribution < -0.4 is 10.2 Å². The van der Waals surface area contributed by atoms with Crippen LogP contribution >= 0.6 is 34.5 Å². The lowest BCUT2D eigenvalue weighted by Gasteiger charge is -2.19. The zero-order valence-corrected chi connectivity index (χ0v) is 20.7. The van der Waals surface area contributed by atoms with Crippen molar-refractivity contribution in [1.29, 1.82) is 0 Å². The standard InChI is InChI=1S/C23H20Cl2N4O5S/c1-9-15(24)16(25)18(26-9)20(30)28-17-12-7-29(8-13(12)17)23-27-14(19(35-23)22(33)34)6-10-3-2-4-11(5-10)21(31)32/h2-5,12-13,17,26H,6-8H2,1H3,(H,28,30)(H,31,32)(H,33,34)/t12-,13+,17?. The van der Waals surface area contributed by atoms with Crippen LogP contribution in [0.3, 0.4) is 0 Å². The van der Waals surface area contributed by atoms with Gasteiger partial charge in [-0.15, -0.1) is 0 Å². The molecule has 0 radical (unpaired) electrons. The van der Waals surface area contributed by atoms with E-state index < -0.39 is 11.9 Å². The molecule has 1 saturated carbocycles. The second-order valence-corrected chi connectivity index (χ2v) is 10.5. The number of fused-ring (bicyclic) bond motifs is 1. The molecule has 182 valence electrons. The number of carboxylic acids is 2. The number of aromatic carboxylic acids is 2. The van der Waals surface area contributed by atoms with Crippen molar-refractivity contribution in [3.05, 3.63) is 67.4 Å². The molecule has 1 aliphatic heterocycles. The maximum absolute atomic E-state index is 12.6. The van der Waals surface area contributed by atoms with E-state index in [4.69, 9.17) is 23.2 Å². The van der Waals surface area contributed by atoms with Gasteiger partial charge in [0, 0.05) is 43.1 Å². The Balaban J connectivity index is 1.26. The summed E-state index contributed by atoms with van der Waals surface area (Å²) >= 11 is 13.3. The molecule has 1 aliphatic carbocycles. The molecule has 3 heterocycles. The van der Waals surface area contributed by atoms with Gasteiger partial charge in [0.15, 0.2) is 5.13 Å². The molecule has 2 fully saturated rings. The van der Waals surface area contributed by atoms with Crippen LogP contribution in [0, 0.1) is 18.8 Å². The Kier molecular flexibility index (Phi) is 5.98. The molecular weight excluding hydrogens is 515 g/mol. The van der Waals surface area contributed by atoms with Crippen LogP contribution in [-0.4, -0.2) is 57.2 Å². The molecule has 0 bridgehead atoms. The van der Waals surface area contributed by atoms with Gasteiger partial charge >= 0.3 is 11.9 Å². The highest BCUT2D eigenvalue weighted by molar-refractivity contribution is 7.17. The van der Waals surface area contributed by atoms with Gasteiger partial charge in [0.2, 0.25) is 0 Å². The Labute approximate surface area is 213 Å². The van der Waals surface area contributed by atoms with Crippen LogP contribution in [0.2, 0.25) is 10.0 Å². The topological polar surface area (TPSA) is 136 Å². The summed E-state index contributed by atoms with van der Waals surface area (Å²) in [6.07, 6.45) is 0.220. The number of aromatic nitrogens is 2. The number of amides is 1. The molecular formula is C23H20Cl2N4O5S. The molecule has 1 amide bonds. The average Bonchev–Trinajstić information content (AvgIpc) is 3.19. The zero-order valence-electron chi connectivity index (χ0n) is 18.3. The molecule has 4 N–H and O–H groups in total. The first-order valence-corrected chi connectivity index (χ1v) is 12.4. The quantitative estimate of drug-likeness (QED) is 0.360. The molecule has 2 aromatic heterocycles. The van der Waals surface area contributed by atoms with Gasteiger partial charge in [-0.1, -0.05) is 46.7 Å². The van der Waals surface area contributed by atoms with Crippen LogP contribution in [0.15, 0.2) is 24.3 Å². The number of hydrogen-bond donors (Lipinski definition) is 4. The zero-order chi connectivity index (χ0) is 25.0. The third-order valence-corrected chi connectivity index (χ3v) is 8.56. The molecule has 0 spiro atoms. The maximum Gasteiger partial charge on any atom is 0.347 e. The summed E-state index contributed by atoms with van der Waals surface area (Å²) in [5, 5.41) is 23.1. The first kappa shape index (κ1) is 23.7. The van der Waals surface area contributed by atoms with Gasteiger partial charge < -0.3 is 25.4 Å². The Morgan fingerprint density at radius 2 is 1.89 bits per heavy atom. The number of hydrogen-bond acceptors (Lipinski definition) is 6. The van der Waals surface area contributed by atoms with Crippen molar-refractivity contribution in [1.82, 2.24) is 15.3 Å². The summed E-state index contributed by atoms with van der Waals surface area (Å²) in [5.74, 6) is -1.94. The van der Waals surface area contributed by atoms with Crippen molar-refractivity contribution in [2.24, 2.45) is 11.8 Å². The first-order chi connectivity index (χ1) is 16.6. The lowest BCUT2D eigenvalue weighted by atomic mass is 10.1. The van der Waals surface area contributed by atoms with E-state index in [0.717, 1.165) is 11.3 Å². The Bertz CT molecular complexity index is 1360. The molecule has 1 saturated heterocycles. The lowest BCUT2D eigenvalue weighted by molar-refractivity contribution is 0.0687. The monoisotopic (exact) mass is 534 g/mol. The summed E-state index contributed by atoms with van der Waals surface area (Å²) in [4.78, 5) is 45.4. The predicted octanol–water partition coefficient (Wildman–Crippen LogP) is 3.94. The minimum atomic E-state index is -1.07. The number of piperidine rings is 1. The van der Waals surface area contributed by atoms with E-state index >= 15 is 0 Å². The van der Waals surface area contributed by atoms with Crippen LogP contribution in [0.5, 0.6) is 0 Å². The summed E-state index contributed by atoms with van der Waals surface area (Å²) in [7, 11) is 0. The summed E-state index contributed by atoms with van der Waals surface area (Å²) in [6.45, 7) is 3.04. The fourth-order valence-electron chi connectivity index (χ4n) is 4.62. The minimum absolute atomic E-state index is 0.00864.